The van der Waals surface area contributed by atoms with E-state index in [4.69, 9.17) is 9.15 Å². The van der Waals surface area contributed by atoms with Crippen LogP contribution in [0.25, 0.3) is 21.9 Å². The van der Waals surface area contributed by atoms with Crippen molar-refractivity contribution >= 4 is 21.9 Å². The first-order chi connectivity index (χ1) is 11.3. The van der Waals surface area contributed by atoms with E-state index in [1.807, 2.05) is 48.5 Å². The Bertz CT molecular complexity index is 1030. The summed E-state index contributed by atoms with van der Waals surface area (Å²) in [6.45, 7) is 0.852. The van der Waals surface area contributed by atoms with Crippen molar-refractivity contribution in [3.8, 4) is 5.75 Å². The van der Waals surface area contributed by atoms with Crippen LogP contribution in [-0.4, -0.2) is 11.2 Å². The van der Waals surface area contributed by atoms with Gasteiger partial charge in [0.15, 0.2) is 5.58 Å². The van der Waals surface area contributed by atoms with Crippen molar-refractivity contribution in [3.63, 3.8) is 0 Å². The average molecular weight is 305 g/mol. The second kappa shape index (κ2) is 5.65. The molecule has 0 bridgehead atoms. The SMILES string of the molecule is O=c1oc2ccccc2n1CCOc1ccc2ccccc2c1. The van der Waals surface area contributed by atoms with Gasteiger partial charge in [-0.15, -0.1) is 0 Å². The third-order valence-corrected chi connectivity index (χ3v) is 3.88. The molecule has 0 radical (unpaired) electrons. The summed E-state index contributed by atoms with van der Waals surface area (Å²) < 4.78 is 12.6. The maximum absolute atomic E-state index is 11.9. The normalized spacial score (nSPS) is 11.1. The number of aromatic nitrogens is 1. The van der Waals surface area contributed by atoms with Crippen LogP contribution in [0.5, 0.6) is 5.75 Å². The Morgan fingerprint density at radius 2 is 1.70 bits per heavy atom. The summed E-state index contributed by atoms with van der Waals surface area (Å²) >= 11 is 0. The molecule has 0 atom stereocenters. The molecule has 4 nitrogen and oxygen atoms in total. The van der Waals surface area contributed by atoms with Crippen molar-refractivity contribution < 1.29 is 9.15 Å². The third kappa shape index (κ3) is 2.59. The van der Waals surface area contributed by atoms with E-state index in [0.29, 0.717) is 18.7 Å². The highest BCUT2D eigenvalue weighted by Crippen LogP contribution is 2.20. The molecule has 3 aromatic carbocycles. The molecule has 0 spiro atoms. The number of oxazole rings is 1. The Kier molecular flexibility index (Phi) is 3.35. The first kappa shape index (κ1) is 13.6. The monoisotopic (exact) mass is 305 g/mol. The topological polar surface area (TPSA) is 44.4 Å². The zero-order valence-corrected chi connectivity index (χ0v) is 12.4. The summed E-state index contributed by atoms with van der Waals surface area (Å²) in [5, 5.41) is 2.31. The summed E-state index contributed by atoms with van der Waals surface area (Å²) in [7, 11) is 0. The molecule has 4 aromatic rings. The van der Waals surface area contributed by atoms with Crippen molar-refractivity contribution in [2.45, 2.75) is 6.54 Å². The first-order valence-electron chi connectivity index (χ1n) is 7.51. The van der Waals surface area contributed by atoms with Crippen molar-refractivity contribution in [1.82, 2.24) is 4.57 Å². The van der Waals surface area contributed by atoms with Crippen molar-refractivity contribution in [3.05, 3.63) is 77.3 Å². The van der Waals surface area contributed by atoms with Gasteiger partial charge in [-0.1, -0.05) is 42.5 Å². The van der Waals surface area contributed by atoms with Gasteiger partial charge in [0.25, 0.3) is 0 Å². The molecule has 114 valence electrons. The minimum Gasteiger partial charge on any atom is -0.492 e. The average Bonchev–Trinajstić information content (AvgIpc) is 2.90. The fourth-order valence-corrected chi connectivity index (χ4v) is 2.74. The zero-order valence-electron chi connectivity index (χ0n) is 12.4. The molecule has 0 amide bonds. The number of ether oxygens (including phenoxy) is 1. The predicted octanol–water partition coefficient (Wildman–Crippen LogP) is 3.83. The van der Waals surface area contributed by atoms with Gasteiger partial charge in [-0.25, -0.2) is 4.79 Å². The highest BCUT2D eigenvalue weighted by Gasteiger charge is 2.08. The van der Waals surface area contributed by atoms with E-state index < -0.39 is 0 Å². The van der Waals surface area contributed by atoms with Crippen LogP contribution in [0.1, 0.15) is 0 Å². The van der Waals surface area contributed by atoms with Crippen LogP contribution in [0.3, 0.4) is 0 Å². The summed E-state index contributed by atoms with van der Waals surface area (Å²) in [6, 6.07) is 21.5. The number of nitrogens with zero attached hydrogens (tertiary/aromatic N) is 1. The van der Waals surface area contributed by atoms with Gasteiger partial charge in [-0.2, -0.15) is 0 Å². The minimum absolute atomic E-state index is 0.353. The molecule has 0 saturated carbocycles. The van der Waals surface area contributed by atoms with E-state index in [9.17, 15) is 4.79 Å². The summed E-state index contributed by atoms with van der Waals surface area (Å²) in [6.07, 6.45) is 0. The lowest BCUT2D eigenvalue weighted by Gasteiger charge is -2.07. The number of hydrogen-bond acceptors (Lipinski definition) is 3. The molecular formula is C19H15NO3. The van der Waals surface area contributed by atoms with Crippen LogP contribution in [-0.2, 0) is 6.54 Å². The zero-order chi connectivity index (χ0) is 15.6. The van der Waals surface area contributed by atoms with Gasteiger partial charge in [0.05, 0.1) is 12.1 Å². The minimum atomic E-state index is -0.353. The number of fused-ring (bicyclic) bond motifs is 2. The Hall–Kier alpha value is -3.01. The Morgan fingerprint density at radius 1 is 0.913 bits per heavy atom. The molecular weight excluding hydrogens is 290 g/mol. The van der Waals surface area contributed by atoms with Gasteiger partial charge in [0.2, 0.25) is 0 Å². The number of para-hydroxylation sites is 2. The number of rotatable bonds is 4. The van der Waals surface area contributed by atoms with Crippen molar-refractivity contribution in [2.24, 2.45) is 0 Å². The molecule has 23 heavy (non-hydrogen) atoms. The Morgan fingerprint density at radius 3 is 2.61 bits per heavy atom. The molecule has 0 aliphatic rings. The third-order valence-electron chi connectivity index (χ3n) is 3.88. The summed E-state index contributed by atoms with van der Waals surface area (Å²) in [5.74, 6) is 0.442. The predicted molar refractivity (Wildman–Crippen MR) is 89.9 cm³/mol. The Balaban J connectivity index is 1.52. The first-order valence-corrected chi connectivity index (χ1v) is 7.51. The van der Waals surface area contributed by atoms with Gasteiger partial charge in [-0.05, 0) is 35.0 Å². The molecule has 4 heteroatoms. The largest absolute Gasteiger partial charge is 0.492 e. The fraction of sp³-hybridized carbons (Fsp3) is 0.105. The van der Waals surface area contributed by atoms with Gasteiger partial charge in [-0.3, -0.25) is 4.57 Å². The fourth-order valence-electron chi connectivity index (χ4n) is 2.74. The quantitative estimate of drug-likeness (QED) is 0.575. The summed E-state index contributed by atoms with van der Waals surface area (Å²) in [4.78, 5) is 11.9. The molecule has 1 aromatic heterocycles. The Labute approximate surface area is 132 Å². The molecule has 0 aliphatic carbocycles. The lowest BCUT2D eigenvalue weighted by atomic mass is 10.1. The van der Waals surface area contributed by atoms with Crippen LogP contribution >= 0.6 is 0 Å². The summed E-state index contributed by atoms with van der Waals surface area (Å²) in [5.41, 5.74) is 1.39. The second-order valence-corrected chi connectivity index (χ2v) is 5.34. The highest BCUT2D eigenvalue weighted by atomic mass is 16.5. The van der Waals surface area contributed by atoms with Crippen LogP contribution < -0.4 is 10.5 Å². The molecule has 0 unspecified atom stereocenters. The number of benzene rings is 3. The molecule has 0 aliphatic heterocycles. The highest BCUT2D eigenvalue weighted by molar-refractivity contribution is 5.83. The number of hydrogen-bond donors (Lipinski definition) is 0. The molecule has 0 saturated heterocycles. The maximum Gasteiger partial charge on any atom is 0.420 e. The van der Waals surface area contributed by atoms with Gasteiger partial charge in [0.1, 0.15) is 12.4 Å². The van der Waals surface area contributed by atoms with Gasteiger partial charge >= 0.3 is 5.76 Å². The molecule has 1 heterocycles. The van der Waals surface area contributed by atoms with E-state index in [1.165, 1.54) is 5.39 Å². The van der Waals surface area contributed by atoms with Gasteiger partial charge < -0.3 is 9.15 Å². The van der Waals surface area contributed by atoms with E-state index in [1.54, 1.807) is 10.6 Å². The standard InChI is InChI=1S/C19H15NO3/c21-19-20(17-7-3-4-8-18(17)23-19)11-12-22-16-10-9-14-5-1-2-6-15(14)13-16/h1-10,13H,11-12H2. The lowest BCUT2D eigenvalue weighted by molar-refractivity contribution is 0.294. The maximum atomic E-state index is 11.9. The van der Waals surface area contributed by atoms with Gasteiger partial charge in [0, 0.05) is 0 Å². The van der Waals surface area contributed by atoms with E-state index in [0.717, 1.165) is 16.7 Å². The van der Waals surface area contributed by atoms with E-state index in [-0.39, 0.29) is 5.76 Å². The van der Waals surface area contributed by atoms with Crippen LogP contribution in [0.4, 0.5) is 0 Å². The van der Waals surface area contributed by atoms with E-state index >= 15 is 0 Å². The van der Waals surface area contributed by atoms with Crippen LogP contribution in [0, 0.1) is 0 Å². The van der Waals surface area contributed by atoms with Crippen LogP contribution in [0.2, 0.25) is 0 Å². The lowest BCUT2D eigenvalue weighted by Crippen LogP contribution is -2.18. The second-order valence-electron chi connectivity index (χ2n) is 5.34. The smallest absolute Gasteiger partial charge is 0.420 e. The van der Waals surface area contributed by atoms with Crippen LogP contribution in [0.15, 0.2) is 75.9 Å². The van der Waals surface area contributed by atoms with Crippen molar-refractivity contribution in [2.75, 3.05) is 6.61 Å². The van der Waals surface area contributed by atoms with E-state index in [2.05, 4.69) is 12.1 Å². The molecule has 0 fully saturated rings. The molecule has 4 rings (SSSR count). The molecule has 0 N–H and O–H groups in total. The van der Waals surface area contributed by atoms with Crippen molar-refractivity contribution in [1.29, 1.82) is 0 Å².